The zero-order chi connectivity index (χ0) is 30.0. The third kappa shape index (κ3) is 3.95. The SMILES string of the molecule is COc1ccc(C(=O)[C@@H](C)N(C(=O)c2ccccc2Cl)N2C(=O)[C@@H]3C4c5ccccc5C(c5ccccc54)[C@@H]3C2=O)cc1. The van der Waals surface area contributed by atoms with Crippen LogP contribution in [0.1, 0.15) is 61.7 Å². The minimum absolute atomic E-state index is 0.0866. The van der Waals surface area contributed by atoms with E-state index in [4.69, 9.17) is 16.3 Å². The largest absolute Gasteiger partial charge is 0.497 e. The van der Waals surface area contributed by atoms with E-state index in [9.17, 15) is 19.2 Å². The summed E-state index contributed by atoms with van der Waals surface area (Å²) in [5.41, 5.74) is 4.46. The Kier molecular flexibility index (Phi) is 6.43. The molecule has 1 heterocycles. The van der Waals surface area contributed by atoms with Crippen molar-refractivity contribution in [1.29, 1.82) is 0 Å². The summed E-state index contributed by atoms with van der Waals surface area (Å²) in [5, 5.41) is 2.11. The first-order chi connectivity index (χ1) is 20.8. The molecule has 3 aliphatic carbocycles. The van der Waals surface area contributed by atoms with E-state index in [1.165, 1.54) is 20.1 Å². The Balaban J connectivity index is 1.35. The summed E-state index contributed by atoms with van der Waals surface area (Å²) < 4.78 is 5.22. The number of methoxy groups -OCH3 is 1. The molecule has 0 spiro atoms. The zero-order valence-electron chi connectivity index (χ0n) is 23.4. The van der Waals surface area contributed by atoms with E-state index in [-0.39, 0.29) is 22.4 Å². The Morgan fingerprint density at radius 2 is 1.21 bits per heavy atom. The van der Waals surface area contributed by atoms with Gasteiger partial charge in [0.25, 0.3) is 17.7 Å². The summed E-state index contributed by atoms with van der Waals surface area (Å²) in [7, 11) is 1.52. The summed E-state index contributed by atoms with van der Waals surface area (Å²) >= 11 is 6.44. The van der Waals surface area contributed by atoms with Gasteiger partial charge in [-0.15, -0.1) is 0 Å². The van der Waals surface area contributed by atoms with Crippen molar-refractivity contribution >= 4 is 35.1 Å². The first kappa shape index (κ1) is 27.1. The number of amides is 3. The van der Waals surface area contributed by atoms with Gasteiger partial charge in [0.2, 0.25) is 0 Å². The molecule has 4 aromatic rings. The maximum Gasteiger partial charge on any atom is 0.275 e. The van der Waals surface area contributed by atoms with E-state index in [2.05, 4.69) is 0 Å². The molecule has 7 nitrogen and oxygen atoms in total. The van der Waals surface area contributed by atoms with Gasteiger partial charge in [0, 0.05) is 17.4 Å². The fraction of sp³-hybridized carbons (Fsp3) is 0.200. The Morgan fingerprint density at radius 1 is 0.744 bits per heavy atom. The Hall–Kier alpha value is -4.75. The molecule has 2 bridgehead atoms. The molecule has 3 atom stereocenters. The maximum atomic E-state index is 14.5. The first-order valence-electron chi connectivity index (χ1n) is 14.1. The highest BCUT2D eigenvalue weighted by atomic mass is 35.5. The van der Waals surface area contributed by atoms with Crippen LogP contribution in [0.5, 0.6) is 5.75 Å². The van der Waals surface area contributed by atoms with Gasteiger partial charge < -0.3 is 4.74 Å². The smallest absolute Gasteiger partial charge is 0.275 e. The topological polar surface area (TPSA) is 84.0 Å². The molecule has 8 heteroatoms. The lowest BCUT2D eigenvalue weighted by atomic mass is 9.55. The highest BCUT2D eigenvalue weighted by Crippen LogP contribution is 2.61. The molecule has 3 amide bonds. The predicted molar refractivity (Wildman–Crippen MR) is 160 cm³/mol. The second-order valence-electron chi connectivity index (χ2n) is 11.2. The molecule has 0 aromatic heterocycles. The van der Waals surface area contributed by atoms with E-state index in [0.29, 0.717) is 11.3 Å². The summed E-state index contributed by atoms with van der Waals surface area (Å²) in [4.78, 5) is 57.2. The average molecular weight is 591 g/mol. The van der Waals surface area contributed by atoms with Gasteiger partial charge in [-0.05, 0) is 65.6 Å². The molecule has 0 saturated carbocycles. The van der Waals surface area contributed by atoms with Crippen LogP contribution in [0.2, 0.25) is 5.02 Å². The van der Waals surface area contributed by atoms with Crippen LogP contribution in [0.4, 0.5) is 0 Å². The average Bonchev–Trinajstić information content (AvgIpc) is 3.30. The molecule has 0 N–H and O–H groups in total. The highest BCUT2D eigenvalue weighted by Gasteiger charge is 2.63. The minimum atomic E-state index is -1.20. The number of benzene rings is 4. The Labute approximate surface area is 253 Å². The van der Waals surface area contributed by atoms with E-state index in [0.717, 1.165) is 32.3 Å². The van der Waals surface area contributed by atoms with Gasteiger partial charge in [-0.3, -0.25) is 19.2 Å². The highest BCUT2D eigenvalue weighted by molar-refractivity contribution is 6.34. The lowest BCUT2D eigenvalue weighted by Gasteiger charge is -2.45. The third-order valence-electron chi connectivity index (χ3n) is 9.07. The normalized spacial score (nSPS) is 22.0. The van der Waals surface area contributed by atoms with E-state index in [1.54, 1.807) is 42.5 Å². The van der Waals surface area contributed by atoms with Gasteiger partial charge in [-0.1, -0.05) is 72.3 Å². The molecule has 214 valence electrons. The Bertz CT molecular complexity index is 1700. The number of ketones is 1. The van der Waals surface area contributed by atoms with Crippen molar-refractivity contribution in [2.45, 2.75) is 24.8 Å². The van der Waals surface area contributed by atoms with Gasteiger partial charge in [0.1, 0.15) is 11.8 Å². The van der Waals surface area contributed by atoms with E-state index in [1.807, 2.05) is 48.5 Å². The molecule has 1 fully saturated rings. The first-order valence-corrected chi connectivity index (χ1v) is 14.5. The molecular formula is C35H27ClN2O5. The summed E-state index contributed by atoms with van der Waals surface area (Å²) in [6, 6.07) is 27.5. The van der Waals surface area contributed by atoms with Crippen LogP contribution in [-0.2, 0) is 9.59 Å². The number of hydrazine groups is 1. The van der Waals surface area contributed by atoms with Gasteiger partial charge in [-0.25, -0.2) is 5.01 Å². The van der Waals surface area contributed by atoms with Crippen molar-refractivity contribution in [2.75, 3.05) is 7.11 Å². The van der Waals surface area contributed by atoms with Crippen molar-refractivity contribution < 1.29 is 23.9 Å². The van der Waals surface area contributed by atoms with Crippen LogP contribution < -0.4 is 4.74 Å². The number of hydrogen-bond acceptors (Lipinski definition) is 5. The fourth-order valence-electron chi connectivity index (χ4n) is 7.18. The number of hydrogen-bond donors (Lipinski definition) is 0. The number of Topliss-reactive ketones (excluding diaryl/α,β-unsaturated/α-hetero) is 1. The van der Waals surface area contributed by atoms with Gasteiger partial charge >= 0.3 is 0 Å². The van der Waals surface area contributed by atoms with E-state index >= 15 is 0 Å². The number of carbonyl (C=O) groups is 4. The Morgan fingerprint density at radius 3 is 1.67 bits per heavy atom. The van der Waals surface area contributed by atoms with Crippen molar-refractivity contribution in [3.05, 3.63) is 135 Å². The molecule has 43 heavy (non-hydrogen) atoms. The number of nitrogens with zero attached hydrogens (tertiary/aromatic N) is 2. The number of ether oxygens (including phenoxy) is 1. The number of halogens is 1. The lowest BCUT2D eigenvalue weighted by Crippen LogP contribution is -2.56. The third-order valence-corrected chi connectivity index (χ3v) is 9.40. The molecule has 8 rings (SSSR count). The van der Waals surface area contributed by atoms with Gasteiger partial charge in [-0.2, -0.15) is 5.01 Å². The molecular weight excluding hydrogens is 564 g/mol. The molecule has 0 unspecified atom stereocenters. The van der Waals surface area contributed by atoms with Crippen molar-refractivity contribution in [3.63, 3.8) is 0 Å². The molecule has 0 radical (unpaired) electrons. The van der Waals surface area contributed by atoms with E-state index < -0.39 is 41.4 Å². The van der Waals surface area contributed by atoms with Crippen molar-refractivity contribution in [2.24, 2.45) is 11.8 Å². The summed E-state index contributed by atoms with van der Waals surface area (Å²) in [6.07, 6.45) is 0. The van der Waals surface area contributed by atoms with Crippen LogP contribution in [0.15, 0.2) is 97.1 Å². The van der Waals surface area contributed by atoms with Crippen LogP contribution in [0, 0.1) is 11.8 Å². The monoisotopic (exact) mass is 590 g/mol. The van der Waals surface area contributed by atoms with Crippen LogP contribution in [0.25, 0.3) is 0 Å². The molecule has 4 aliphatic rings. The van der Waals surface area contributed by atoms with Crippen molar-refractivity contribution in [3.8, 4) is 5.75 Å². The zero-order valence-corrected chi connectivity index (χ0v) is 24.2. The van der Waals surface area contributed by atoms with Crippen molar-refractivity contribution in [1.82, 2.24) is 10.0 Å². The fourth-order valence-corrected chi connectivity index (χ4v) is 7.40. The predicted octanol–water partition coefficient (Wildman–Crippen LogP) is 5.87. The van der Waals surface area contributed by atoms with Gasteiger partial charge in [0.05, 0.1) is 29.5 Å². The number of carbonyl (C=O) groups excluding carboxylic acids is 4. The lowest BCUT2D eigenvalue weighted by molar-refractivity contribution is -0.156. The summed E-state index contributed by atoms with van der Waals surface area (Å²) in [6.45, 7) is 1.53. The van der Waals surface area contributed by atoms with Gasteiger partial charge in [0.15, 0.2) is 5.78 Å². The standard InChI is InChI=1S/C35H27ClN2O5/c1-19(32(39)20-15-17-21(43-2)18-16-20)37(33(40)26-13-7-8-14-27(26)36)38-34(41)30-28-22-9-3-4-10-23(22)29(31(30)35(38)42)25-12-6-5-11-24(25)28/h3-19,28-31H,1-2H3/t19-,28?,29?,30-,31+/m1/s1. The second kappa shape index (κ2) is 10.2. The molecule has 1 saturated heterocycles. The van der Waals surface area contributed by atoms with Crippen LogP contribution in [0.3, 0.4) is 0 Å². The van der Waals surface area contributed by atoms with Crippen LogP contribution in [-0.4, -0.2) is 46.7 Å². The van der Waals surface area contributed by atoms with Crippen LogP contribution >= 0.6 is 11.6 Å². The molecule has 1 aliphatic heterocycles. The summed E-state index contributed by atoms with van der Waals surface area (Å²) in [5.74, 6) is -3.71. The second-order valence-corrected chi connectivity index (χ2v) is 11.6. The number of imide groups is 1. The number of rotatable bonds is 6. The molecule has 4 aromatic carbocycles. The minimum Gasteiger partial charge on any atom is -0.497 e. The maximum absolute atomic E-state index is 14.5. The quantitative estimate of drug-likeness (QED) is 0.207.